The van der Waals surface area contributed by atoms with Crippen LogP contribution in [0.1, 0.15) is 45.4 Å². The molecule has 1 N–H and O–H groups in total. The molecule has 0 aromatic heterocycles. The zero-order valence-electron chi connectivity index (χ0n) is 10.3. The highest BCUT2D eigenvalue weighted by molar-refractivity contribution is 5.02. The second-order valence-corrected chi connectivity index (χ2v) is 6.04. The molecule has 2 saturated heterocycles. The quantitative estimate of drug-likeness (QED) is 0.778. The Kier molecular flexibility index (Phi) is 2.73. The third-order valence-electron chi connectivity index (χ3n) is 4.45. The first kappa shape index (κ1) is 11.0. The molecule has 2 aliphatic heterocycles. The van der Waals surface area contributed by atoms with E-state index in [0.717, 1.165) is 32.7 Å². The van der Waals surface area contributed by atoms with Crippen LogP contribution in [0, 0.1) is 0 Å². The molecule has 92 valence electrons. The monoisotopic (exact) mass is 225 g/mol. The third kappa shape index (κ3) is 2.27. The first-order valence-corrected chi connectivity index (χ1v) is 6.69. The van der Waals surface area contributed by atoms with Crippen molar-refractivity contribution in [3.8, 4) is 0 Å². The highest BCUT2D eigenvalue weighted by Crippen LogP contribution is 2.39. The minimum Gasteiger partial charge on any atom is -0.381 e. The molecular formula is C13H23NO2. The van der Waals surface area contributed by atoms with Crippen LogP contribution in [0.15, 0.2) is 0 Å². The number of nitrogens with one attached hydrogen (secondary N) is 1. The van der Waals surface area contributed by atoms with E-state index in [-0.39, 0.29) is 5.60 Å². The standard InChI is InChI=1S/C13H23NO2/c1-12(3-4-12)14-11-2-7-16-13(10-11)5-8-15-9-6-13/h11,14H,2-10H2,1H3. The molecule has 0 aromatic rings. The van der Waals surface area contributed by atoms with Crippen LogP contribution in [0.2, 0.25) is 0 Å². The van der Waals surface area contributed by atoms with Gasteiger partial charge >= 0.3 is 0 Å². The van der Waals surface area contributed by atoms with Crippen molar-refractivity contribution in [2.24, 2.45) is 0 Å². The highest BCUT2D eigenvalue weighted by atomic mass is 16.5. The maximum atomic E-state index is 6.05. The van der Waals surface area contributed by atoms with Gasteiger partial charge in [0.25, 0.3) is 0 Å². The molecule has 0 amide bonds. The van der Waals surface area contributed by atoms with Crippen LogP contribution < -0.4 is 5.32 Å². The van der Waals surface area contributed by atoms with E-state index in [1.54, 1.807) is 0 Å². The van der Waals surface area contributed by atoms with Crippen LogP contribution in [0.25, 0.3) is 0 Å². The zero-order chi connectivity index (χ0) is 11.1. The van der Waals surface area contributed by atoms with E-state index < -0.39 is 0 Å². The average molecular weight is 225 g/mol. The molecule has 2 heterocycles. The molecule has 16 heavy (non-hydrogen) atoms. The lowest BCUT2D eigenvalue weighted by Gasteiger charge is -2.44. The van der Waals surface area contributed by atoms with Crippen LogP contribution in [-0.4, -0.2) is 37.0 Å². The van der Waals surface area contributed by atoms with E-state index in [1.165, 1.54) is 25.7 Å². The van der Waals surface area contributed by atoms with Gasteiger partial charge in [0.1, 0.15) is 0 Å². The van der Waals surface area contributed by atoms with Gasteiger partial charge < -0.3 is 14.8 Å². The minimum absolute atomic E-state index is 0.138. The summed E-state index contributed by atoms with van der Waals surface area (Å²) in [6.45, 7) is 5.03. The van der Waals surface area contributed by atoms with Crippen molar-refractivity contribution >= 4 is 0 Å². The van der Waals surface area contributed by atoms with Gasteiger partial charge in [0.15, 0.2) is 0 Å². The van der Waals surface area contributed by atoms with Crippen molar-refractivity contribution in [1.29, 1.82) is 0 Å². The van der Waals surface area contributed by atoms with Crippen molar-refractivity contribution in [2.75, 3.05) is 19.8 Å². The highest BCUT2D eigenvalue weighted by Gasteiger charge is 2.44. The number of hydrogen-bond acceptors (Lipinski definition) is 3. The van der Waals surface area contributed by atoms with Crippen molar-refractivity contribution in [1.82, 2.24) is 5.32 Å². The molecule has 3 fully saturated rings. The van der Waals surface area contributed by atoms with Crippen molar-refractivity contribution in [3.63, 3.8) is 0 Å². The van der Waals surface area contributed by atoms with Crippen LogP contribution in [-0.2, 0) is 9.47 Å². The van der Waals surface area contributed by atoms with Gasteiger partial charge in [-0.25, -0.2) is 0 Å². The molecule has 1 aliphatic carbocycles. The van der Waals surface area contributed by atoms with E-state index >= 15 is 0 Å². The molecule has 3 heteroatoms. The Labute approximate surface area is 97.9 Å². The molecular weight excluding hydrogens is 202 g/mol. The summed E-state index contributed by atoms with van der Waals surface area (Å²) in [4.78, 5) is 0. The average Bonchev–Trinajstić information content (AvgIpc) is 2.97. The Bertz CT molecular complexity index is 251. The summed E-state index contributed by atoms with van der Waals surface area (Å²) >= 11 is 0. The summed E-state index contributed by atoms with van der Waals surface area (Å²) in [6, 6.07) is 0.666. The Balaban J connectivity index is 1.60. The first-order chi connectivity index (χ1) is 7.70. The topological polar surface area (TPSA) is 30.5 Å². The molecule has 0 radical (unpaired) electrons. The SMILES string of the molecule is CC1(NC2CCOC3(CCOCC3)C2)CC1. The van der Waals surface area contributed by atoms with Gasteiger partial charge in [-0.2, -0.15) is 0 Å². The summed E-state index contributed by atoms with van der Waals surface area (Å²) in [5, 5.41) is 3.82. The second kappa shape index (κ2) is 3.97. The fourth-order valence-corrected chi connectivity index (χ4v) is 3.07. The maximum Gasteiger partial charge on any atom is 0.0741 e. The Morgan fingerprint density at radius 2 is 1.81 bits per heavy atom. The van der Waals surface area contributed by atoms with Gasteiger partial charge in [-0.1, -0.05) is 0 Å². The van der Waals surface area contributed by atoms with Gasteiger partial charge in [-0.15, -0.1) is 0 Å². The maximum absolute atomic E-state index is 6.05. The lowest BCUT2D eigenvalue weighted by molar-refractivity contribution is -0.141. The lowest BCUT2D eigenvalue weighted by atomic mass is 9.84. The number of ether oxygens (including phenoxy) is 2. The van der Waals surface area contributed by atoms with Crippen molar-refractivity contribution in [3.05, 3.63) is 0 Å². The molecule has 0 bridgehead atoms. The van der Waals surface area contributed by atoms with E-state index in [4.69, 9.17) is 9.47 Å². The van der Waals surface area contributed by atoms with Crippen LogP contribution >= 0.6 is 0 Å². The first-order valence-electron chi connectivity index (χ1n) is 6.69. The van der Waals surface area contributed by atoms with E-state index in [2.05, 4.69) is 12.2 Å². The molecule has 1 spiro atoms. The number of rotatable bonds is 2. The fourth-order valence-electron chi connectivity index (χ4n) is 3.07. The van der Waals surface area contributed by atoms with E-state index in [1.807, 2.05) is 0 Å². The molecule has 3 rings (SSSR count). The minimum atomic E-state index is 0.138. The number of hydrogen-bond donors (Lipinski definition) is 1. The van der Waals surface area contributed by atoms with Gasteiger partial charge in [-0.3, -0.25) is 0 Å². The molecule has 0 aromatic carbocycles. The van der Waals surface area contributed by atoms with Crippen LogP contribution in [0.5, 0.6) is 0 Å². The Morgan fingerprint density at radius 3 is 2.50 bits per heavy atom. The largest absolute Gasteiger partial charge is 0.381 e. The normalized spacial score (nSPS) is 36.2. The lowest BCUT2D eigenvalue weighted by Crippen LogP contribution is -2.52. The molecule has 3 nitrogen and oxygen atoms in total. The smallest absolute Gasteiger partial charge is 0.0741 e. The van der Waals surface area contributed by atoms with Gasteiger partial charge in [0, 0.05) is 31.4 Å². The van der Waals surface area contributed by atoms with Crippen LogP contribution in [0.4, 0.5) is 0 Å². The zero-order valence-corrected chi connectivity index (χ0v) is 10.3. The Hall–Kier alpha value is -0.120. The summed E-state index contributed by atoms with van der Waals surface area (Å²) in [5.74, 6) is 0. The second-order valence-electron chi connectivity index (χ2n) is 6.04. The fraction of sp³-hybridized carbons (Fsp3) is 1.00. The predicted molar refractivity (Wildman–Crippen MR) is 62.5 cm³/mol. The van der Waals surface area contributed by atoms with Crippen molar-refractivity contribution in [2.45, 2.75) is 62.6 Å². The Morgan fingerprint density at radius 1 is 1.06 bits per heavy atom. The summed E-state index contributed by atoms with van der Waals surface area (Å²) < 4.78 is 11.5. The van der Waals surface area contributed by atoms with Gasteiger partial charge in [-0.05, 0) is 45.4 Å². The van der Waals surface area contributed by atoms with Gasteiger partial charge in [0.05, 0.1) is 5.60 Å². The molecule has 1 unspecified atom stereocenters. The third-order valence-corrected chi connectivity index (χ3v) is 4.45. The van der Waals surface area contributed by atoms with Gasteiger partial charge in [0.2, 0.25) is 0 Å². The molecule has 1 atom stereocenters. The van der Waals surface area contributed by atoms with E-state index in [0.29, 0.717) is 11.6 Å². The summed E-state index contributed by atoms with van der Waals surface area (Å²) in [6.07, 6.45) is 7.23. The predicted octanol–water partition coefficient (Wildman–Crippen LogP) is 1.86. The summed E-state index contributed by atoms with van der Waals surface area (Å²) in [5.41, 5.74) is 0.591. The molecule has 3 aliphatic rings. The van der Waals surface area contributed by atoms with E-state index in [9.17, 15) is 0 Å². The molecule has 1 saturated carbocycles. The summed E-state index contributed by atoms with van der Waals surface area (Å²) in [7, 11) is 0. The van der Waals surface area contributed by atoms with Crippen molar-refractivity contribution < 1.29 is 9.47 Å². The van der Waals surface area contributed by atoms with Crippen LogP contribution in [0.3, 0.4) is 0 Å².